The molecule has 0 unspecified atom stereocenters. The molecular formula is C17H19BClFN2O2S. The highest BCUT2D eigenvalue weighted by atomic mass is 35.5. The van der Waals surface area contributed by atoms with Crippen LogP contribution in [0.15, 0.2) is 36.1 Å². The summed E-state index contributed by atoms with van der Waals surface area (Å²) in [5, 5.41) is 3.96. The number of anilines is 2. The molecule has 1 fully saturated rings. The van der Waals surface area contributed by atoms with E-state index in [1.807, 2.05) is 58.0 Å². The van der Waals surface area contributed by atoms with Gasteiger partial charge in [-0.05, 0) is 45.9 Å². The van der Waals surface area contributed by atoms with Crippen molar-refractivity contribution in [1.82, 2.24) is 4.98 Å². The van der Waals surface area contributed by atoms with Crippen LogP contribution in [-0.4, -0.2) is 23.3 Å². The van der Waals surface area contributed by atoms with E-state index in [-0.39, 0.29) is 5.15 Å². The van der Waals surface area contributed by atoms with E-state index in [1.165, 1.54) is 17.4 Å². The number of hydrogen-bond acceptors (Lipinski definition) is 5. The van der Waals surface area contributed by atoms with Crippen LogP contribution in [0.25, 0.3) is 6.08 Å². The quantitative estimate of drug-likeness (QED) is 0.713. The number of nitrogens with one attached hydrogen (secondary N) is 1. The van der Waals surface area contributed by atoms with Gasteiger partial charge in [-0.15, -0.1) is 0 Å². The minimum Gasteiger partial charge on any atom is -0.398 e. The third kappa shape index (κ3) is 3.90. The molecule has 4 nitrogen and oxygen atoms in total. The van der Waals surface area contributed by atoms with Crippen molar-refractivity contribution >= 4 is 47.0 Å². The van der Waals surface area contributed by atoms with Crippen LogP contribution < -0.4 is 5.32 Å². The average molecular weight is 381 g/mol. The number of nitrogens with zero attached hydrogens (tertiary/aromatic N) is 1. The van der Waals surface area contributed by atoms with Crippen LogP contribution in [0.1, 0.15) is 32.6 Å². The summed E-state index contributed by atoms with van der Waals surface area (Å²) in [6.07, 6.45) is 1.32. The van der Waals surface area contributed by atoms with Gasteiger partial charge in [-0.2, -0.15) is 0 Å². The summed E-state index contributed by atoms with van der Waals surface area (Å²) in [6.45, 7) is 7.51. The molecule has 3 rings (SSSR count). The molecule has 1 aliphatic heterocycles. The summed E-state index contributed by atoms with van der Waals surface area (Å²) >= 11 is 7.40. The predicted octanol–water partition coefficient (Wildman–Crippen LogP) is 5.48. The van der Waals surface area contributed by atoms with Gasteiger partial charge >= 0.3 is 7.12 Å². The summed E-state index contributed by atoms with van der Waals surface area (Å²) in [4.78, 5) is 4.73. The molecular weight excluding hydrogens is 362 g/mol. The zero-order valence-electron chi connectivity index (χ0n) is 14.5. The fourth-order valence-electron chi connectivity index (χ4n) is 2.25. The van der Waals surface area contributed by atoms with Crippen LogP contribution in [0, 0.1) is 0 Å². The first-order valence-electron chi connectivity index (χ1n) is 7.89. The van der Waals surface area contributed by atoms with E-state index in [4.69, 9.17) is 20.9 Å². The molecule has 0 amide bonds. The van der Waals surface area contributed by atoms with Crippen molar-refractivity contribution in [3.63, 3.8) is 0 Å². The molecule has 8 heteroatoms. The Labute approximate surface area is 156 Å². The molecule has 0 radical (unpaired) electrons. The van der Waals surface area contributed by atoms with E-state index < -0.39 is 24.0 Å². The second-order valence-corrected chi connectivity index (χ2v) is 8.17. The molecule has 1 aromatic heterocycles. The van der Waals surface area contributed by atoms with E-state index >= 15 is 0 Å². The largest absolute Gasteiger partial charge is 0.525 e. The number of benzene rings is 1. The Morgan fingerprint density at radius 3 is 2.40 bits per heavy atom. The van der Waals surface area contributed by atoms with Gasteiger partial charge in [0.15, 0.2) is 5.13 Å². The minimum absolute atomic E-state index is 0.232. The molecule has 0 atom stereocenters. The molecule has 1 aliphatic rings. The van der Waals surface area contributed by atoms with Crippen molar-refractivity contribution in [2.75, 3.05) is 5.32 Å². The summed E-state index contributed by atoms with van der Waals surface area (Å²) in [6, 6.07) is 9.58. The first-order valence-corrected chi connectivity index (χ1v) is 9.08. The molecule has 1 N–H and O–H groups in total. The number of aromatic nitrogens is 1. The lowest BCUT2D eigenvalue weighted by atomic mass is 9.87. The van der Waals surface area contributed by atoms with Crippen molar-refractivity contribution in [1.29, 1.82) is 0 Å². The standard InChI is InChI=1S/C17H19BClFN2O2S/c1-16(2)17(3,4)24-18(23-16)13(20)10-12-14(19)22-15(25-12)21-11-8-6-5-7-9-11/h5-10H,1-4H3,(H,21,22). The Bertz CT molecular complexity index is 779. The first-order chi connectivity index (χ1) is 11.7. The Balaban J connectivity index is 1.77. The normalized spacial score (nSPS) is 19.3. The van der Waals surface area contributed by atoms with Gasteiger partial charge in [0.25, 0.3) is 0 Å². The maximum atomic E-state index is 14.6. The lowest BCUT2D eigenvalue weighted by molar-refractivity contribution is 0.00578. The Morgan fingerprint density at radius 2 is 1.80 bits per heavy atom. The second-order valence-electron chi connectivity index (χ2n) is 6.78. The summed E-state index contributed by atoms with van der Waals surface area (Å²) in [5.41, 5.74) is -0.842. The number of thiazole rings is 1. The highest BCUT2D eigenvalue weighted by Crippen LogP contribution is 2.40. The van der Waals surface area contributed by atoms with E-state index in [1.54, 1.807) is 0 Å². The summed E-state index contributed by atoms with van der Waals surface area (Å²) < 4.78 is 26.0. The van der Waals surface area contributed by atoms with Crippen LogP contribution in [0.5, 0.6) is 0 Å². The van der Waals surface area contributed by atoms with Crippen molar-refractivity contribution in [3.8, 4) is 0 Å². The monoisotopic (exact) mass is 380 g/mol. The number of para-hydroxylation sites is 1. The smallest absolute Gasteiger partial charge is 0.398 e. The van der Waals surface area contributed by atoms with Crippen molar-refractivity contribution in [2.45, 2.75) is 38.9 Å². The maximum absolute atomic E-state index is 14.6. The summed E-state index contributed by atoms with van der Waals surface area (Å²) in [5.74, 6) is 0. The zero-order valence-corrected chi connectivity index (χ0v) is 16.0. The van der Waals surface area contributed by atoms with E-state index in [0.717, 1.165) is 5.69 Å². The Hall–Kier alpha value is -1.41. The molecule has 25 heavy (non-hydrogen) atoms. The predicted molar refractivity (Wildman–Crippen MR) is 102 cm³/mol. The third-order valence-electron chi connectivity index (χ3n) is 4.38. The molecule has 0 bridgehead atoms. The molecule has 1 aromatic carbocycles. The van der Waals surface area contributed by atoms with Crippen molar-refractivity contribution in [3.05, 3.63) is 46.1 Å². The molecule has 0 aliphatic carbocycles. The average Bonchev–Trinajstić information content (AvgIpc) is 2.96. The minimum atomic E-state index is -1.05. The number of halogens is 2. The molecule has 0 spiro atoms. The third-order valence-corrected chi connectivity index (χ3v) is 5.70. The Kier molecular flexibility index (Phi) is 4.94. The fourth-order valence-corrected chi connectivity index (χ4v) is 3.37. The van der Waals surface area contributed by atoms with Gasteiger partial charge < -0.3 is 14.6 Å². The second kappa shape index (κ2) is 6.72. The molecule has 2 heterocycles. The van der Waals surface area contributed by atoms with Gasteiger partial charge in [0, 0.05) is 5.69 Å². The van der Waals surface area contributed by atoms with Crippen LogP contribution in [-0.2, 0) is 9.31 Å². The summed E-state index contributed by atoms with van der Waals surface area (Å²) in [7, 11) is -1.05. The topological polar surface area (TPSA) is 43.4 Å². The molecule has 1 saturated heterocycles. The Morgan fingerprint density at radius 1 is 1.20 bits per heavy atom. The van der Waals surface area contributed by atoms with Crippen LogP contribution in [0.2, 0.25) is 5.15 Å². The maximum Gasteiger partial charge on any atom is 0.525 e. The number of rotatable bonds is 4. The first kappa shape index (κ1) is 18.4. The van der Waals surface area contributed by atoms with Gasteiger partial charge in [0.05, 0.1) is 16.1 Å². The van der Waals surface area contributed by atoms with Crippen LogP contribution in [0.4, 0.5) is 15.2 Å². The zero-order chi connectivity index (χ0) is 18.2. The van der Waals surface area contributed by atoms with Gasteiger partial charge in [-0.3, -0.25) is 0 Å². The van der Waals surface area contributed by atoms with Gasteiger partial charge in [0.2, 0.25) is 0 Å². The van der Waals surface area contributed by atoms with Gasteiger partial charge in [0.1, 0.15) is 10.9 Å². The highest BCUT2D eigenvalue weighted by Gasteiger charge is 2.53. The highest BCUT2D eigenvalue weighted by molar-refractivity contribution is 7.17. The van der Waals surface area contributed by atoms with Gasteiger partial charge in [-0.25, -0.2) is 9.37 Å². The lowest BCUT2D eigenvalue weighted by Gasteiger charge is -2.32. The number of hydrogen-bond donors (Lipinski definition) is 1. The molecule has 2 aromatic rings. The van der Waals surface area contributed by atoms with Crippen molar-refractivity contribution in [2.24, 2.45) is 0 Å². The lowest BCUT2D eigenvalue weighted by Crippen LogP contribution is -2.41. The van der Waals surface area contributed by atoms with Crippen LogP contribution in [0.3, 0.4) is 0 Å². The van der Waals surface area contributed by atoms with E-state index in [2.05, 4.69) is 10.3 Å². The van der Waals surface area contributed by atoms with E-state index in [9.17, 15) is 4.39 Å². The SMILES string of the molecule is CC1(C)OB(C(F)=Cc2sc(Nc3ccccc3)nc2Cl)OC1(C)C. The fraction of sp³-hybridized carbons (Fsp3) is 0.353. The molecule has 132 valence electrons. The van der Waals surface area contributed by atoms with E-state index in [0.29, 0.717) is 10.0 Å². The van der Waals surface area contributed by atoms with Crippen molar-refractivity contribution < 1.29 is 13.7 Å². The molecule has 0 saturated carbocycles. The van der Waals surface area contributed by atoms with Gasteiger partial charge in [-0.1, -0.05) is 41.1 Å². The van der Waals surface area contributed by atoms with Crippen LogP contribution >= 0.6 is 22.9 Å².